The Morgan fingerprint density at radius 3 is 2.59 bits per heavy atom. The van der Waals surface area contributed by atoms with E-state index in [9.17, 15) is 9.18 Å². The monoisotopic (exact) mass is 362 g/mol. The van der Waals surface area contributed by atoms with Crippen LogP contribution in [0.25, 0.3) is 10.9 Å². The minimum Gasteiger partial charge on any atom is -0.346 e. The van der Waals surface area contributed by atoms with Gasteiger partial charge >= 0.3 is 0 Å². The lowest BCUT2D eigenvalue weighted by Gasteiger charge is -2.38. The molecule has 27 heavy (non-hydrogen) atoms. The fraction of sp³-hybridized carbons (Fsp3) is 0.304. The molecule has 1 heterocycles. The second kappa shape index (κ2) is 7.47. The van der Waals surface area contributed by atoms with Crippen molar-refractivity contribution in [3.63, 3.8) is 0 Å². The van der Waals surface area contributed by atoms with Gasteiger partial charge in [-0.15, -0.1) is 0 Å². The molecule has 0 aliphatic heterocycles. The molecule has 1 aliphatic rings. The Morgan fingerprint density at radius 2 is 1.81 bits per heavy atom. The number of carbonyl (C=O) groups is 1. The summed E-state index contributed by atoms with van der Waals surface area (Å²) in [5.74, 6) is -0.457. The standard InChI is InChI=1S/C23H23FN2O/c24-20-9-10-21-18(14-20)13-19(16-25-21)22(27)26-23(11-5-2-6-12-23)15-17-7-3-1-4-8-17/h1,3-4,7-10,13-14,16H,2,5-6,11-12,15H2,(H,26,27). The molecular formula is C23H23FN2O. The van der Waals surface area contributed by atoms with E-state index in [2.05, 4.69) is 22.4 Å². The number of aromatic nitrogens is 1. The van der Waals surface area contributed by atoms with Crippen molar-refractivity contribution in [3.8, 4) is 0 Å². The molecule has 0 radical (unpaired) electrons. The predicted molar refractivity (Wildman–Crippen MR) is 105 cm³/mol. The van der Waals surface area contributed by atoms with Crippen molar-refractivity contribution >= 4 is 16.8 Å². The minimum atomic E-state index is -0.324. The summed E-state index contributed by atoms with van der Waals surface area (Å²) >= 11 is 0. The minimum absolute atomic E-state index is 0.133. The van der Waals surface area contributed by atoms with Gasteiger partial charge in [0.2, 0.25) is 0 Å². The van der Waals surface area contributed by atoms with Gasteiger partial charge in [-0.25, -0.2) is 4.39 Å². The fourth-order valence-electron chi connectivity index (χ4n) is 4.10. The zero-order valence-electron chi connectivity index (χ0n) is 15.2. The molecular weight excluding hydrogens is 339 g/mol. The highest BCUT2D eigenvalue weighted by atomic mass is 19.1. The molecule has 1 amide bonds. The summed E-state index contributed by atoms with van der Waals surface area (Å²) in [6.07, 6.45) is 7.81. The average molecular weight is 362 g/mol. The third kappa shape index (κ3) is 4.00. The van der Waals surface area contributed by atoms with E-state index in [4.69, 9.17) is 0 Å². The number of hydrogen-bond acceptors (Lipinski definition) is 2. The van der Waals surface area contributed by atoms with Crippen molar-refractivity contribution in [2.45, 2.75) is 44.1 Å². The number of rotatable bonds is 4. The normalized spacial score (nSPS) is 16.2. The third-order valence-electron chi connectivity index (χ3n) is 5.48. The maximum atomic E-state index is 13.5. The number of pyridine rings is 1. The highest BCUT2D eigenvalue weighted by Crippen LogP contribution is 2.32. The molecule has 0 saturated heterocycles. The van der Waals surface area contributed by atoms with Gasteiger partial charge in [0.15, 0.2) is 0 Å². The first-order chi connectivity index (χ1) is 13.1. The van der Waals surface area contributed by atoms with Gasteiger partial charge < -0.3 is 5.32 Å². The van der Waals surface area contributed by atoms with Gasteiger partial charge in [0.1, 0.15) is 5.82 Å². The van der Waals surface area contributed by atoms with Crippen LogP contribution in [0.4, 0.5) is 4.39 Å². The molecule has 1 aliphatic carbocycles. The van der Waals surface area contributed by atoms with E-state index in [1.54, 1.807) is 18.3 Å². The molecule has 4 rings (SSSR count). The van der Waals surface area contributed by atoms with E-state index in [-0.39, 0.29) is 17.3 Å². The van der Waals surface area contributed by atoms with Crippen LogP contribution in [0, 0.1) is 5.82 Å². The van der Waals surface area contributed by atoms with E-state index in [0.29, 0.717) is 16.5 Å². The molecule has 1 fully saturated rings. The Bertz CT molecular complexity index is 949. The van der Waals surface area contributed by atoms with Gasteiger partial charge in [0, 0.05) is 17.1 Å². The molecule has 1 N–H and O–H groups in total. The van der Waals surface area contributed by atoms with Gasteiger partial charge in [0.05, 0.1) is 11.1 Å². The zero-order chi connectivity index (χ0) is 18.7. The number of nitrogens with zero attached hydrogens (tertiary/aromatic N) is 1. The molecule has 138 valence electrons. The third-order valence-corrected chi connectivity index (χ3v) is 5.48. The number of halogens is 1. The van der Waals surface area contributed by atoms with Gasteiger partial charge in [-0.3, -0.25) is 9.78 Å². The first-order valence-corrected chi connectivity index (χ1v) is 9.55. The van der Waals surface area contributed by atoms with Gasteiger partial charge in [-0.05, 0) is 49.1 Å². The molecule has 4 heteroatoms. The second-order valence-electron chi connectivity index (χ2n) is 7.52. The Labute approximate surface area is 158 Å². The largest absolute Gasteiger partial charge is 0.346 e. The van der Waals surface area contributed by atoms with Crippen molar-refractivity contribution in [3.05, 3.63) is 77.7 Å². The quantitative estimate of drug-likeness (QED) is 0.706. The van der Waals surface area contributed by atoms with Crippen LogP contribution in [0.15, 0.2) is 60.8 Å². The SMILES string of the molecule is O=C(NC1(Cc2ccccc2)CCCCC1)c1cnc2ccc(F)cc2c1. The van der Waals surface area contributed by atoms with Crippen LogP contribution in [-0.2, 0) is 6.42 Å². The maximum absolute atomic E-state index is 13.5. The highest BCUT2D eigenvalue weighted by Gasteiger charge is 2.34. The molecule has 3 aromatic rings. The summed E-state index contributed by atoms with van der Waals surface area (Å²) in [4.78, 5) is 17.3. The fourth-order valence-corrected chi connectivity index (χ4v) is 4.10. The Kier molecular flexibility index (Phi) is 4.88. The van der Waals surface area contributed by atoms with Gasteiger partial charge in [-0.2, -0.15) is 0 Å². The number of nitrogens with one attached hydrogen (secondary N) is 1. The van der Waals surface area contributed by atoms with Gasteiger partial charge in [-0.1, -0.05) is 49.6 Å². The molecule has 0 atom stereocenters. The van der Waals surface area contributed by atoms with Crippen molar-refractivity contribution in [1.29, 1.82) is 0 Å². The molecule has 1 aromatic heterocycles. The van der Waals surface area contributed by atoms with E-state index in [0.717, 1.165) is 32.1 Å². The molecule has 0 bridgehead atoms. The van der Waals surface area contributed by atoms with Crippen LogP contribution < -0.4 is 5.32 Å². The molecule has 0 spiro atoms. The number of benzene rings is 2. The van der Waals surface area contributed by atoms with E-state index in [1.165, 1.54) is 24.1 Å². The number of amides is 1. The van der Waals surface area contributed by atoms with Crippen LogP contribution in [0.3, 0.4) is 0 Å². The summed E-state index contributed by atoms with van der Waals surface area (Å²) in [6, 6.07) is 16.5. The first-order valence-electron chi connectivity index (χ1n) is 9.55. The summed E-state index contributed by atoms with van der Waals surface area (Å²) in [5, 5.41) is 3.95. The predicted octanol–water partition coefficient (Wildman–Crippen LogP) is 5.05. The molecule has 3 nitrogen and oxygen atoms in total. The van der Waals surface area contributed by atoms with Crippen LogP contribution >= 0.6 is 0 Å². The molecule has 1 saturated carbocycles. The maximum Gasteiger partial charge on any atom is 0.253 e. The van der Waals surface area contributed by atoms with Gasteiger partial charge in [0.25, 0.3) is 5.91 Å². The Hall–Kier alpha value is -2.75. The van der Waals surface area contributed by atoms with Crippen LogP contribution in [0.1, 0.15) is 48.0 Å². The Balaban J connectivity index is 1.59. The summed E-state index contributed by atoms with van der Waals surface area (Å²) in [5.41, 5.74) is 2.17. The van der Waals surface area contributed by atoms with Crippen molar-refractivity contribution in [2.75, 3.05) is 0 Å². The van der Waals surface area contributed by atoms with Crippen LogP contribution in [0.2, 0.25) is 0 Å². The van der Waals surface area contributed by atoms with E-state index in [1.807, 2.05) is 18.2 Å². The summed E-state index contributed by atoms with van der Waals surface area (Å²) < 4.78 is 13.5. The summed E-state index contributed by atoms with van der Waals surface area (Å²) in [7, 11) is 0. The highest BCUT2D eigenvalue weighted by molar-refractivity contribution is 5.97. The first kappa shape index (κ1) is 17.7. The number of fused-ring (bicyclic) bond motifs is 1. The lowest BCUT2D eigenvalue weighted by molar-refractivity contribution is 0.0868. The Morgan fingerprint density at radius 1 is 1.04 bits per heavy atom. The van der Waals surface area contributed by atoms with Crippen molar-refractivity contribution in [1.82, 2.24) is 10.3 Å². The lowest BCUT2D eigenvalue weighted by atomic mass is 9.77. The lowest BCUT2D eigenvalue weighted by Crippen LogP contribution is -2.51. The van der Waals surface area contributed by atoms with E-state index < -0.39 is 0 Å². The molecule has 0 unspecified atom stereocenters. The number of carbonyl (C=O) groups excluding carboxylic acids is 1. The number of hydrogen-bond donors (Lipinski definition) is 1. The zero-order valence-corrected chi connectivity index (χ0v) is 15.2. The second-order valence-corrected chi connectivity index (χ2v) is 7.52. The topological polar surface area (TPSA) is 42.0 Å². The smallest absolute Gasteiger partial charge is 0.253 e. The van der Waals surface area contributed by atoms with Crippen LogP contribution in [-0.4, -0.2) is 16.4 Å². The average Bonchev–Trinajstić information content (AvgIpc) is 2.68. The van der Waals surface area contributed by atoms with Crippen LogP contribution in [0.5, 0.6) is 0 Å². The summed E-state index contributed by atoms with van der Waals surface area (Å²) in [6.45, 7) is 0. The molecule has 2 aromatic carbocycles. The van der Waals surface area contributed by atoms with Crippen molar-refractivity contribution in [2.24, 2.45) is 0 Å². The van der Waals surface area contributed by atoms with E-state index >= 15 is 0 Å². The van der Waals surface area contributed by atoms with Crippen molar-refractivity contribution < 1.29 is 9.18 Å².